The van der Waals surface area contributed by atoms with E-state index in [1.165, 1.54) is 0 Å². The molecule has 4 heteroatoms. The van der Waals surface area contributed by atoms with Crippen molar-refractivity contribution in [2.45, 2.75) is 13.5 Å². The number of hydrogen-bond donors (Lipinski definition) is 1. The van der Waals surface area contributed by atoms with Crippen LogP contribution in [-0.2, 0) is 6.54 Å². The van der Waals surface area contributed by atoms with Crippen LogP contribution in [0.15, 0.2) is 36.5 Å². The first-order valence-corrected chi connectivity index (χ1v) is 5.87. The lowest BCUT2D eigenvalue weighted by molar-refractivity contribution is 0.173. The number of pyridine rings is 1. The number of fused-ring (bicyclic) bond motifs is 1. The molecule has 0 amide bonds. The molecule has 18 heavy (non-hydrogen) atoms. The monoisotopic (exact) mass is 242 g/mol. The summed E-state index contributed by atoms with van der Waals surface area (Å²) in [4.78, 5) is 4.17. The van der Waals surface area contributed by atoms with Crippen molar-refractivity contribution in [2.24, 2.45) is 0 Å². The maximum Gasteiger partial charge on any atom is 0.231 e. The predicted molar refractivity (Wildman–Crippen MR) is 68.9 cm³/mol. The van der Waals surface area contributed by atoms with Gasteiger partial charge >= 0.3 is 0 Å². The van der Waals surface area contributed by atoms with Crippen LogP contribution in [0.2, 0.25) is 0 Å². The molecule has 1 aliphatic rings. The first kappa shape index (κ1) is 10.9. The van der Waals surface area contributed by atoms with Gasteiger partial charge in [0, 0.05) is 29.7 Å². The number of hydrogen-bond acceptors (Lipinski definition) is 4. The molecule has 2 aromatic rings. The van der Waals surface area contributed by atoms with E-state index >= 15 is 0 Å². The lowest BCUT2D eigenvalue weighted by Gasteiger charge is -2.09. The molecule has 4 nitrogen and oxygen atoms in total. The van der Waals surface area contributed by atoms with Crippen molar-refractivity contribution < 1.29 is 9.47 Å². The number of rotatable bonds is 3. The molecule has 0 fully saturated rings. The molecule has 1 aliphatic heterocycles. The van der Waals surface area contributed by atoms with E-state index in [-0.39, 0.29) is 0 Å². The van der Waals surface area contributed by atoms with Crippen LogP contribution in [0.25, 0.3) is 0 Å². The van der Waals surface area contributed by atoms with E-state index in [4.69, 9.17) is 9.47 Å². The summed E-state index contributed by atoms with van der Waals surface area (Å²) >= 11 is 0. The second kappa shape index (κ2) is 4.56. The van der Waals surface area contributed by atoms with Gasteiger partial charge in [-0.25, -0.2) is 0 Å². The number of aryl methyl sites for hydroxylation is 1. The lowest BCUT2D eigenvalue weighted by atomic mass is 10.2. The van der Waals surface area contributed by atoms with E-state index in [0.717, 1.165) is 28.4 Å². The SMILES string of the molecule is Cc1cc(NCc2cccc3c2OCO3)ccn1. The molecular formula is C14H14N2O2. The molecule has 1 aromatic carbocycles. The second-order valence-electron chi connectivity index (χ2n) is 4.19. The molecular weight excluding hydrogens is 228 g/mol. The molecule has 0 saturated carbocycles. The Balaban J connectivity index is 1.76. The van der Waals surface area contributed by atoms with Gasteiger partial charge in [0.05, 0.1) is 0 Å². The van der Waals surface area contributed by atoms with Gasteiger partial charge in [-0.05, 0) is 25.1 Å². The highest BCUT2D eigenvalue weighted by molar-refractivity contribution is 5.51. The molecule has 0 spiro atoms. The molecule has 2 heterocycles. The average molecular weight is 242 g/mol. The zero-order chi connectivity index (χ0) is 12.4. The predicted octanol–water partition coefficient (Wildman–Crippen LogP) is 2.73. The van der Waals surface area contributed by atoms with Crippen LogP contribution in [0.4, 0.5) is 5.69 Å². The Hall–Kier alpha value is -2.23. The quantitative estimate of drug-likeness (QED) is 0.898. The number of nitrogens with zero attached hydrogens (tertiary/aromatic N) is 1. The van der Waals surface area contributed by atoms with Gasteiger partial charge in [-0.3, -0.25) is 4.98 Å². The minimum Gasteiger partial charge on any atom is -0.454 e. The second-order valence-corrected chi connectivity index (χ2v) is 4.19. The van der Waals surface area contributed by atoms with Gasteiger partial charge < -0.3 is 14.8 Å². The van der Waals surface area contributed by atoms with E-state index in [1.807, 2.05) is 37.3 Å². The van der Waals surface area contributed by atoms with Gasteiger partial charge in [-0.2, -0.15) is 0 Å². The van der Waals surface area contributed by atoms with Crippen molar-refractivity contribution in [1.82, 2.24) is 4.98 Å². The minimum absolute atomic E-state index is 0.306. The van der Waals surface area contributed by atoms with Crippen molar-refractivity contribution in [3.8, 4) is 11.5 Å². The average Bonchev–Trinajstić information content (AvgIpc) is 2.85. The number of aromatic nitrogens is 1. The molecule has 0 saturated heterocycles. The molecule has 0 bridgehead atoms. The minimum atomic E-state index is 0.306. The Labute approximate surface area is 106 Å². The highest BCUT2D eigenvalue weighted by Gasteiger charge is 2.16. The standard InChI is InChI=1S/C14H14N2O2/c1-10-7-12(5-6-15-10)16-8-11-3-2-4-13-14(11)18-9-17-13/h2-7H,8-9H2,1H3,(H,15,16). The lowest BCUT2D eigenvalue weighted by Crippen LogP contribution is -2.01. The summed E-state index contributed by atoms with van der Waals surface area (Å²) in [6.07, 6.45) is 1.80. The molecule has 1 aromatic heterocycles. The summed E-state index contributed by atoms with van der Waals surface area (Å²) in [5, 5.41) is 3.36. The van der Waals surface area contributed by atoms with E-state index in [9.17, 15) is 0 Å². The summed E-state index contributed by atoms with van der Waals surface area (Å²) in [6.45, 7) is 2.99. The fourth-order valence-electron chi connectivity index (χ4n) is 1.98. The Morgan fingerprint density at radius 1 is 1.28 bits per heavy atom. The van der Waals surface area contributed by atoms with Crippen molar-refractivity contribution in [3.05, 3.63) is 47.8 Å². The maximum absolute atomic E-state index is 5.47. The van der Waals surface area contributed by atoms with Gasteiger partial charge in [-0.15, -0.1) is 0 Å². The first-order valence-electron chi connectivity index (χ1n) is 5.87. The summed E-state index contributed by atoms with van der Waals surface area (Å²) < 4.78 is 10.8. The molecule has 0 aliphatic carbocycles. The summed E-state index contributed by atoms with van der Waals surface area (Å²) in [5.41, 5.74) is 3.15. The van der Waals surface area contributed by atoms with Crippen LogP contribution < -0.4 is 14.8 Å². The van der Waals surface area contributed by atoms with Crippen LogP contribution in [0, 0.1) is 6.92 Å². The highest BCUT2D eigenvalue weighted by Crippen LogP contribution is 2.35. The Morgan fingerprint density at radius 2 is 2.22 bits per heavy atom. The van der Waals surface area contributed by atoms with Gasteiger partial charge in [0.2, 0.25) is 6.79 Å². The molecule has 92 valence electrons. The number of para-hydroxylation sites is 1. The Morgan fingerprint density at radius 3 is 3.11 bits per heavy atom. The maximum atomic E-state index is 5.47. The van der Waals surface area contributed by atoms with Crippen molar-refractivity contribution in [1.29, 1.82) is 0 Å². The first-order chi connectivity index (χ1) is 8.83. The molecule has 0 unspecified atom stereocenters. The Kier molecular flexibility index (Phi) is 2.76. The fourth-order valence-corrected chi connectivity index (χ4v) is 1.98. The molecule has 1 N–H and O–H groups in total. The Bertz CT molecular complexity index is 569. The van der Waals surface area contributed by atoms with Crippen LogP contribution in [0.1, 0.15) is 11.3 Å². The third kappa shape index (κ3) is 2.09. The van der Waals surface area contributed by atoms with Crippen LogP contribution >= 0.6 is 0 Å². The largest absolute Gasteiger partial charge is 0.454 e. The normalized spacial score (nSPS) is 12.5. The van der Waals surface area contributed by atoms with Crippen molar-refractivity contribution >= 4 is 5.69 Å². The summed E-state index contributed by atoms with van der Waals surface area (Å²) in [5.74, 6) is 1.66. The number of ether oxygens (including phenoxy) is 2. The number of anilines is 1. The van der Waals surface area contributed by atoms with Crippen LogP contribution in [-0.4, -0.2) is 11.8 Å². The van der Waals surface area contributed by atoms with Crippen molar-refractivity contribution in [3.63, 3.8) is 0 Å². The number of nitrogens with one attached hydrogen (secondary N) is 1. The third-order valence-electron chi connectivity index (χ3n) is 2.86. The molecule has 0 radical (unpaired) electrons. The van der Waals surface area contributed by atoms with E-state index in [1.54, 1.807) is 6.20 Å². The van der Waals surface area contributed by atoms with Gasteiger partial charge in [-0.1, -0.05) is 12.1 Å². The summed E-state index contributed by atoms with van der Waals surface area (Å²) in [6, 6.07) is 9.90. The summed E-state index contributed by atoms with van der Waals surface area (Å²) in [7, 11) is 0. The van der Waals surface area contributed by atoms with E-state index in [0.29, 0.717) is 13.3 Å². The zero-order valence-electron chi connectivity index (χ0n) is 10.1. The highest BCUT2D eigenvalue weighted by atomic mass is 16.7. The van der Waals surface area contributed by atoms with Crippen LogP contribution in [0.5, 0.6) is 11.5 Å². The molecule has 0 atom stereocenters. The smallest absolute Gasteiger partial charge is 0.231 e. The van der Waals surface area contributed by atoms with Gasteiger partial charge in [0.1, 0.15) is 0 Å². The van der Waals surface area contributed by atoms with Gasteiger partial charge in [0.15, 0.2) is 11.5 Å². The van der Waals surface area contributed by atoms with Gasteiger partial charge in [0.25, 0.3) is 0 Å². The molecule has 3 rings (SSSR count). The number of benzene rings is 1. The fraction of sp³-hybridized carbons (Fsp3) is 0.214. The van der Waals surface area contributed by atoms with Crippen LogP contribution in [0.3, 0.4) is 0 Å². The van der Waals surface area contributed by atoms with E-state index < -0.39 is 0 Å². The zero-order valence-corrected chi connectivity index (χ0v) is 10.1. The topological polar surface area (TPSA) is 43.4 Å². The van der Waals surface area contributed by atoms with E-state index in [2.05, 4.69) is 10.3 Å². The third-order valence-corrected chi connectivity index (χ3v) is 2.86. The van der Waals surface area contributed by atoms with Crippen molar-refractivity contribution in [2.75, 3.05) is 12.1 Å².